The average Bonchev–Trinajstić information content (AvgIpc) is 3.29. The first kappa shape index (κ1) is 23.1. The molecule has 7 nitrogen and oxygen atoms in total. The highest BCUT2D eigenvalue weighted by Gasteiger charge is 2.21. The molecule has 3 aromatic heterocycles. The van der Waals surface area contributed by atoms with Crippen LogP contribution in [0.25, 0.3) is 44.2 Å². The molecule has 0 spiro atoms. The van der Waals surface area contributed by atoms with Gasteiger partial charge in [0.15, 0.2) is 0 Å². The van der Waals surface area contributed by atoms with Gasteiger partial charge in [0, 0.05) is 48.2 Å². The summed E-state index contributed by atoms with van der Waals surface area (Å²) in [5.41, 5.74) is 7.57. The van der Waals surface area contributed by atoms with Crippen LogP contribution in [0.5, 0.6) is 0 Å². The quantitative estimate of drug-likeness (QED) is 0.333. The van der Waals surface area contributed by atoms with Crippen LogP contribution < -0.4 is 4.90 Å². The van der Waals surface area contributed by atoms with Gasteiger partial charge < -0.3 is 9.64 Å². The largest absolute Gasteiger partial charge is 0.378 e. The number of anilines is 1. The van der Waals surface area contributed by atoms with Crippen LogP contribution >= 0.6 is 0 Å². The third-order valence-electron chi connectivity index (χ3n) is 7.26. The van der Waals surface area contributed by atoms with E-state index in [9.17, 15) is 5.26 Å². The van der Waals surface area contributed by atoms with Gasteiger partial charge in [0.1, 0.15) is 5.52 Å². The summed E-state index contributed by atoms with van der Waals surface area (Å²) < 4.78 is 7.43. The Kier molecular flexibility index (Phi) is 5.62. The summed E-state index contributed by atoms with van der Waals surface area (Å²) in [6, 6.07) is 19.2. The van der Waals surface area contributed by atoms with Crippen molar-refractivity contribution in [3.05, 3.63) is 72.7 Å². The number of ether oxygens (including phenoxy) is 1. The molecule has 7 heteroatoms. The summed E-state index contributed by atoms with van der Waals surface area (Å²) in [6.07, 6.45) is 5.68. The van der Waals surface area contributed by atoms with Crippen LogP contribution in [-0.4, -0.2) is 46.1 Å². The summed E-state index contributed by atoms with van der Waals surface area (Å²) in [6.45, 7) is 7.09. The van der Waals surface area contributed by atoms with Crippen LogP contribution in [0.1, 0.15) is 19.4 Å². The molecule has 0 unspecified atom stereocenters. The number of morpholine rings is 1. The number of nitriles is 1. The maximum absolute atomic E-state index is 9.53. The Hall–Kier alpha value is -4.28. The summed E-state index contributed by atoms with van der Waals surface area (Å²) >= 11 is 0. The van der Waals surface area contributed by atoms with E-state index in [1.165, 1.54) is 0 Å². The van der Waals surface area contributed by atoms with Crippen molar-refractivity contribution < 1.29 is 4.74 Å². The van der Waals surface area contributed by atoms with Gasteiger partial charge in [-0.3, -0.25) is 14.6 Å². The zero-order valence-corrected chi connectivity index (χ0v) is 21.3. The van der Waals surface area contributed by atoms with Crippen molar-refractivity contribution in [1.82, 2.24) is 19.7 Å². The number of nitrogens with zero attached hydrogens (tertiary/aromatic N) is 6. The topological polar surface area (TPSA) is 79.9 Å². The maximum Gasteiger partial charge on any atom is 0.112 e. The van der Waals surface area contributed by atoms with E-state index in [1.807, 2.05) is 56.3 Å². The van der Waals surface area contributed by atoms with Gasteiger partial charge in [0.25, 0.3) is 0 Å². The number of hydrogen-bond acceptors (Lipinski definition) is 6. The number of rotatable bonds is 4. The zero-order valence-electron chi connectivity index (χ0n) is 21.3. The number of fused-ring (bicyclic) bond motifs is 3. The second-order valence-corrected chi connectivity index (χ2v) is 10.1. The average molecular weight is 489 g/mol. The number of aromatic nitrogens is 4. The second-order valence-electron chi connectivity index (χ2n) is 10.1. The highest BCUT2D eigenvalue weighted by Crippen LogP contribution is 2.36. The van der Waals surface area contributed by atoms with Crippen LogP contribution in [0.2, 0.25) is 0 Å². The summed E-state index contributed by atoms with van der Waals surface area (Å²) in [5, 5.41) is 16.4. The molecule has 0 amide bonds. The van der Waals surface area contributed by atoms with Crippen molar-refractivity contribution in [2.75, 3.05) is 31.2 Å². The van der Waals surface area contributed by atoms with E-state index < -0.39 is 5.41 Å². The van der Waals surface area contributed by atoms with Crippen LogP contribution in [-0.2, 0) is 17.2 Å². The Morgan fingerprint density at radius 2 is 1.65 bits per heavy atom. The van der Waals surface area contributed by atoms with Gasteiger partial charge in [-0.15, -0.1) is 0 Å². The first-order valence-corrected chi connectivity index (χ1v) is 12.5. The van der Waals surface area contributed by atoms with Crippen molar-refractivity contribution in [2.45, 2.75) is 19.3 Å². The first-order chi connectivity index (χ1) is 17.9. The molecule has 1 saturated heterocycles. The molecule has 0 aliphatic carbocycles. The van der Waals surface area contributed by atoms with Crippen molar-refractivity contribution >= 4 is 27.5 Å². The summed E-state index contributed by atoms with van der Waals surface area (Å²) in [4.78, 5) is 11.6. The van der Waals surface area contributed by atoms with Crippen molar-refractivity contribution in [3.63, 3.8) is 0 Å². The molecule has 0 atom stereocenters. The molecule has 1 aliphatic heterocycles. The molecule has 4 heterocycles. The lowest BCUT2D eigenvalue weighted by atomic mass is 9.86. The lowest BCUT2D eigenvalue weighted by Crippen LogP contribution is -2.36. The number of benzene rings is 2. The van der Waals surface area contributed by atoms with Crippen LogP contribution in [0.3, 0.4) is 0 Å². The first-order valence-electron chi connectivity index (χ1n) is 12.5. The number of hydrogen-bond donors (Lipinski definition) is 0. The smallest absolute Gasteiger partial charge is 0.112 e. The fraction of sp³-hybridized carbons (Fsp3) is 0.267. The second kappa shape index (κ2) is 8.99. The molecule has 2 aromatic carbocycles. The van der Waals surface area contributed by atoms with E-state index >= 15 is 0 Å². The Morgan fingerprint density at radius 1 is 0.892 bits per heavy atom. The number of aryl methyl sites for hydroxylation is 1. The van der Waals surface area contributed by atoms with Crippen molar-refractivity contribution in [2.24, 2.45) is 7.05 Å². The van der Waals surface area contributed by atoms with Gasteiger partial charge in [-0.2, -0.15) is 10.4 Å². The zero-order chi connectivity index (χ0) is 25.6. The van der Waals surface area contributed by atoms with E-state index in [-0.39, 0.29) is 0 Å². The van der Waals surface area contributed by atoms with Crippen LogP contribution in [0, 0.1) is 11.3 Å². The molecule has 5 aromatic rings. The Balaban J connectivity index is 1.48. The Bertz CT molecular complexity index is 1660. The molecule has 184 valence electrons. The molecular formula is C30H28N6O. The predicted molar refractivity (Wildman–Crippen MR) is 146 cm³/mol. The van der Waals surface area contributed by atoms with Crippen molar-refractivity contribution in [1.29, 1.82) is 5.26 Å². The molecule has 0 saturated carbocycles. The van der Waals surface area contributed by atoms with E-state index in [1.54, 1.807) is 0 Å². The molecule has 1 fully saturated rings. The molecule has 37 heavy (non-hydrogen) atoms. The lowest BCUT2D eigenvalue weighted by Gasteiger charge is -2.28. The highest BCUT2D eigenvalue weighted by atomic mass is 16.5. The Morgan fingerprint density at radius 3 is 2.41 bits per heavy atom. The van der Waals surface area contributed by atoms with Gasteiger partial charge >= 0.3 is 0 Å². The molecule has 0 radical (unpaired) electrons. The Labute approximate surface area is 216 Å². The van der Waals surface area contributed by atoms with Gasteiger partial charge in [-0.25, -0.2) is 0 Å². The monoisotopic (exact) mass is 488 g/mol. The van der Waals surface area contributed by atoms with Crippen LogP contribution in [0.15, 0.2) is 67.1 Å². The van der Waals surface area contributed by atoms with E-state index in [4.69, 9.17) is 14.8 Å². The molecule has 0 bridgehead atoms. The highest BCUT2D eigenvalue weighted by molar-refractivity contribution is 6.12. The minimum atomic E-state index is -0.539. The molecular weight excluding hydrogens is 460 g/mol. The molecule has 0 N–H and O–H groups in total. The fourth-order valence-electron chi connectivity index (χ4n) is 5.08. The van der Waals surface area contributed by atoms with Gasteiger partial charge in [0.2, 0.25) is 0 Å². The third kappa shape index (κ3) is 4.09. The SMILES string of the molecule is Cn1nc2cnc3ccc(-c4cncc(N5CCOCC5)c4)cc3c2c1-c1ccc(C(C)(C)C#N)cc1. The minimum Gasteiger partial charge on any atom is -0.378 e. The van der Waals surface area contributed by atoms with Gasteiger partial charge in [0.05, 0.1) is 54.0 Å². The lowest BCUT2D eigenvalue weighted by molar-refractivity contribution is 0.122. The number of pyridine rings is 2. The van der Waals surface area contributed by atoms with Gasteiger partial charge in [-0.05, 0) is 43.2 Å². The summed E-state index contributed by atoms with van der Waals surface area (Å²) in [7, 11) is 1.97. The minimum absolute atomic E-state index is 0.539. The normalized spacial score (nSPS) is 14.3. The fourth-order valence-corrected chi connectivity index (χ4v) is 5.08. The van der Waals surface area contributed by atoms with Crippen molar-refractivity contribution in [3.8, 4) is 28.5 Å². The molecule has 1 aliphatic rings. The van der Waals surface area contributed by atoms with E-state index in [0.29, 0.717) is 0 Å². The van der Waals surface area contributed by atoms with E-state index in [0.717, 1.165) is 81.7 Å². The standard InChI is InChI=1S/C30H28N6O/c1-30(2,19-31)23-7-4-20(5-8-23)29-28-25-15-21(6-9-26(25)33-18-27(28)34-35(29)3)22-14-24(17-32-16-22)36-10-12-37-13-11-36/h4-9,14-18H,10-13H2,1-3H3. The molecule has 6 rings (SSSR count). The predicted octanol–water partition coefficient (Wildman–Crippen LogP) is 5.49. The summed E-state index contributed by atoms with van der Waals surface area (Å²) in [5.74, 6) is 0. The maximum atomic E-state index is 9.53. The third-order valence-corrected chi connectivity index (χ3v) is 7.26. The van der Waals surface area contributed by atoms with Gasteiger partial charge in [-0.1, -0.05) is 30.3 Å². The van der Waals surface area contributed by atoms with E-state index in [2.05, 4.69) is 52.4 Å². The van der Waals surface area contributed by atoms with Crippen LogP contribution in [0.4, 0.5) is 5.69 Å².